The highest BCUT2D eigenvalue weighted by Crippen LogP contribution is 2.22. The van der Waals surface area contributed by atoms with E-state index in [1.54, 1.807) is 48.2 Å². The molecule has 0 radical (unpaired) electrons. The van der Waals surface area contributed by atoms with Crippen molar-refractivity contribution >= 4 is 29.3 Å². The van der Waals surface area contributed by atoms with Crippen LogP contribution in [0.25, 0.3) is 0 Å². The summed E-state index contributed by atoms with van der Waals surface area (Å²) in [5.74, 6) is -0.973. The molecule has 6 heteroatoms. The van der Waals surface area contributed by atoms with Gasteiger partial charge in [-0.2, -0.15) is 0 Å². The lowest BCUT2D eigenvalue weighted by molar-refractivity contribution is -0.152. The average Bonchev–Trinajstić information content (AvgIpc) is 2.74. The van der Waals surface area contributed by atoms with Gasteiger partial charge in [0.25, 0.3) is 5.91 Å². The molecule has 1 amide bonds. The largest absolute Gasteiger partial charge is 0.454 e. The molecule has 0 bridgehead atoms. The number of esters is 1. The Bertz CT molecular complexity index is 884. The minimum absolute atomic E-state index is 0.0728. The van der Waals surface area contributed by atoms with Crippen LogP contribution in [0.2, 0.25) is 5.02 Å². The third-order valence-corrected chi connectivity index (χ3v) is 5.46. The van der Waals surface area contributed by atoms with Crippen LogP contribution in [0.4, 0.5) is 0 Å². The van der Waals surface area contributed by atoms with E-state index in [9.17, 15) is 14.4 Å². The number of nitrogens with zero attached hydrogens (tertiary/aromatic N) is 1. The fraction of sp³-hybridized carbons (Fsp3) is 0.348. The molecule has 3 rings (SSSR count). The molecule has 0 N–H and O–H groups in total. The zero-order valence-electron chi connectivity index (χ0n) is 16.6. The Labute approximate surface area is 175 Å². The third-order valence-electron chi connectivity index (χ3n) is 5.20. The summed E-state index contributed by atoms with van der Waals surface area (Å²) >= 11 is 5.87. The van der Waals surface area contributed by atoms with Gasteiger partial charge in [-0.25, -0.2) is 0 Å². The first kappa shape index (κ1) is 21.1. The maximum atomic E-state index is 12.6. The van der Waals surface area contributed by atoms with Crippen molar-refractivity contribution in [2.45, 2.75) is 32.8 Å². The lowest BCUT2D eigenvalue weighted by atomic mass is 9.96. The zero-order chi connectivity index (χ0) is 21.0. The number of likely N-dealkylation sites (tertiary alicyclic amines) is 1. The Morgan fingerprint density at radius 3 is 2.10 bits per heavy atom. The van der Waals surface area contributed by atoms with Gasteiger partial charge in [-0.05, 0) is 51.0 Å². The number of hydrogen-bond acceptors (Lipinski definition) is 4. The van der Waals surface area contributed by atoms with Crippen LogP contribution in [0, 0.1) is 12.8 Å². The van der Waals surface area contributed by atoms with E-state index in [0.29, 0.717) is 42.1 Å². The van der Waals surface area contributed by atoms with Crippen molar-refractivity contribution < 1.29 is 19.1 Å². The van der Waals surface area contributed by atoms with E-state index < -0.39 is 6.10 Å². The van der Waals surface area contributed by atoms with Gasteiger partial charge in [-0.1, -0.05) is 41.4 Å². The molecule has 1 saturated heterocycles. The smallest absolute Gasteiger partial charge is 0.309 e. The van der Waals surface area contributed by atoms with Crippen LogP contribution in [0.15, 0.2) is 48.5 Å². The zero-order valence-corrected chi connectivity index (χ0v) is 17.3. The van der Waals surface area contributed by atoms with Crippen LogP contribution < -0.4 is 0 Å². The molecule has 1 aliphatic rings. The monoisotopic (exact) mass is 413 g/mol. The topological polar surface area (TPSA) is 63.7 Å². The molecule has 5 nitrogen and oxygen atoms in total. The van der Waals surface area contributed by atoms with E-state index in [4.69, 9.17) is 16.3 Å². The van der Waals surface area contributed by atoms with Gasteiger partial charge in [-0.15, -0.1) is 0 Å². The van der Waals surface area contributed by atoms with E-state index in [2.05, 4.69) is 0 Å². The van der Waals surface area contributed by atoms with Crippen LogP contribution in [0.5, 0.6) is 0 Å². The molecule has 1 heterocycles. The molecule has 29 heavy (non-hydrogen) atoms. The third kappa shape index (κ3) is 5.24. The van der Waals surface area contributed by atoms with Crippen molar-refractivity contribution in [2.75, 3.05) is 13.1 Å². The number of piperidine rings is 1. The number of carbonyl (C=O) groups is 3. The summed E-state index contributed by atoms with van der Waals surface area (Å²) in [7, 11) is 0. The van der Waals surface area contributed by atoms with Gasteiger partial charge in [-0.3, -0.25) is 14.4 Å². The summed E-state index contributed by atoms with van der Waals surface area (Å²) in [5, 5.41) is 0.581. The molecule has 0 aliphatic carbocycles. The van der Waals surface area contributed by atoms with Gasteiger partial charge in [0.2, 0.25) is 5.78 Å². The van der Waals surface area contributed by atoms with Crippen molar-refractivity contribution in [3.8, 4) is 0 Å². The summed E-state index contributed by atoms with van der Waals surface area (Å²) < 4.78 is 5.42. The molecule has 1 aliphatic heterocycles. The van der Waals surface area contributed by atoms with Gasteiger partial charge < -0.3 is 9.64 Å². The first-order chi connectivity index (χ1) is 13.8. The number of benzene rings is 2. The average molecular weight is 414 g/mol. The number of Topliss-reactive ketones (excluding diaryl/α,β-unsaturated/α-hetero) is 1. The second-order valence-corrected chi connectivity index (χ2v) is 7.82. The van der Waals surface area contributed by atoms with E-state index in [0.717, 1.165) is 5.56 Å². The molecule has 2 aromatic carbocycles. The normalized spacial score (nSPS) is 15.6. The standard InChI is InChI=1S/C23H24ClNO4/c1-15-3-5-17(6-4-15)21(26)16(2)29-23(28)19-11-13-25(14-12-19)22(27)18-7-9-20(24)10-8-18/h3-10,16,19H,11-14H2,1-2H3/t16-/m1/s1. The number of rotatable bonds is 5. The van der Waals surface area contributed by atoms with Crippen LogP contribution in [0.1, 0.15) is 46.0 Å². The van der Waals surface area contributed by atoms with Gasteiger partial charge in [0.1, 0.15) is 0 Å². The lowest BCUT2D eigenvalue weighted by Gasteiger charge is -2.31. The number of aryl methyl sites for hydroxylation is 1. The van der Waals surface area contributed by atoms with E-state index >= 15 is 0 Å². The first-order valence-corrected chi connectivity index (χ1v) is 10.1. The summed E-state index contributed by atoms with van der Waals surface area (Å²) in [6.45, 7) is 4.49. The van der Waals surface area contributed by atoms with Crippen molar-refractivity contribution in [1.29, 1.82) is 0 Å². The van der Waals surface area contributed by atoms with Crippen LogP contribution in [-0.4, -0.2) is 41.8 Å². The van der Waals surface area contributed by atoms with Crippen LogP contribution in [0.3, 0.4) is 0 Å². The van der Waals surface area contributed by atoms with E-state index in [-0.39, 0.29) is 23.6 Å². The second-order valence-electron chi connectivity index (χ2n) is 7.38. The predicted molar refractivity (Wildman–Crippen MR) is 111 cm³/mol. The van der Waals surface area contributed by atoms with Crippen LogP contribution in [-0.2, 0) is 9.53 Å². The summed E-state index contributed by atoms with van der Waals surface area (Å²) in [6, 6.07) is 14.0. The molecule has 0 aromatic heterocycles. The number of carbonyl (C=O) groups excluding carboxylic acids is 3. The van der Waals surface area contributed by atoms with E-state index in [1.807, 2.05) is 19.1 Å². The minimum Gasteiger partial charge on any atom is -0.454 e. The predicted octanol–water partition coefficient (Wildman–Crippen LogP) is 4.32. The Kier molecular flexibility index (Phi) is 6.70. The molecule has 2 aromatic rings. The van der Waals surface area contributed by atoms with Gasteiger partial charge in [0.05, 0.1) is 5.92 Å². The number of halogens is 1. The molecule has 1 fully saturated rings. The Balaban J connectivity index is 1.51. The first-order valence-electron chi connectivity index (χ1n) is 9.71. The second kappa shape index (κ2) is 9.23. The molecule has 0 saturated carbocycles. The van der Waals surface area contributed by atoms with Crippen LogP contribution >= 0.6 is 11.6 Å². The van der Waals surface area contributed by atoms with E-state index in [1.165, 1.54) is 0 Å². The minimum atomic E-state index is -0.834. The summed E-state index contributed by atoms with van der Waals surface area (Å²) in [5.41, 5.74) is 2.16. The maximum Gasteiger partial charge on any atom is 0.309 e. The molecular formula is C23H24ClNO4. The Hall–Kier alpha value is -2.66. The Morgan fingerprint density at radius 1 is 0.966 bits per heavy atom. The van der Waals surface area contributed by atoms with Crippen molar-refractivity contribution in [1.82, 2.24) is 4.90 Å². The lowest BCUT2D eigenvalue weighted by Crippen LogP contribution is -2.41. The highest BCUT2D eigenvalue weighted by molar-refractivity contribution is 6.30. The Morgan fingerprint density at radius 2 is 1.52 bits per heavy atom. The maximum absolute atomic E-state index is 12.6. The fourth-order valence-electron chi connectivity index (χ4n) is 3.37. The quantitative estimate of drug-likeness (QED) is 0.541. The van der Waals surface area contributed by atoms with Gasteiger partial charge in [0, 0.05) is 29.2 Å². The summed E-state index contributed by atoms with van der Waals surface area (Å²) in [6.07, 6.45) is 0.201. The highest BCUT2D eigenvalue weighted by Gasteiger charge is 2.31. The molecule has 152 valence electrons. The highest BCUT2D eigenvalue weighted by atomic mass is 35.5. The number of ketones is 1. The van der Waals surface area contributed by atoms with Gasteiger partial charge in [0.15, 0.2) is 6.10 Å². The number of hydrogen-bond donors (Lipinski definition) is 0. The van der Waals surface area contributed by atoms with Gasteiger partial charge >= 0.3 is 5.97 Å². The molecular weight excluding hydrogens is 390 g/mol. The van der Waals surface area contributed by atoms with Crippen molar-refractivity contribution in [2.24, 2.45) is 5.92 Å². The molecule has 0 spiro atoms. The molecule has 1 atom stereocenters. The number of amides is 1. The number of ether oxygens (including phenoxy) is 1. The SMILES string of the molecule is Cc1ccc(C(=O)[C@@H](C)OC(=O)C2CCN(C(=O)c3ccc(Cl)cc3)CC2)cc1. The molecule has 0 unspecified atom stereocenters. The van der Waals surface area contributed by atoms with Crippen molar-refractivity contribution in [3.63, 3.8) is 0 Å². The fourth-order valence-corrected chi connectivity index (χ4v) is 3.50. The summed E-state index contributed by atoms with van der Waals surface area (Å²) in [4.78, 5) is 39.2. The van der Waals surface area contributed by atoms with Crippen molar-refractivity contribution in [3.05, 3.63) is 70.2 Å².